The Kier molecular flexibility index (Phi) is 4.21. The van der Waals surface area contributed by atoms with E-state index in [4.69, 9.17) is 5.73 Å². The highest BCUT2D eigenvalue weighted by molar-refractivity contribution is 5.81. The second kappa shape index (κ2) is 6.30. The molecule has 23 heavy (non-hydrogen) atoms. The Bertz CT molecular complexity index is 789. The molecule has 2 N–H and O–H groups in total. The highest BCUT2D eigenvalue weighted by Gasteiger charge is 2.08. The maximum absolute atomic E-state index is 5.78. The van der Waals surface area contributed by atoms with E-state index in [1.807, 2.05) is 30.6 Å². The molecule has 0 amide bonds. The highest BCUT2D eigenvalue weighted by Crippen LogP contribution is 2.24. The summed E-state index contributed by atoms with van der Waals surface area (Å²) in [5, 5.41) is 0. The number of hydrogen-bond donors (Lipinski definition) is 1. The number of nitrogens with zero attached hydrogens (tertiary/aromatic N) is 4. The summed E-state index contributed by atoms with van der Waals surface area (Å²) in [5.41, 5.74) is 10.9. The lowest BCUT2D eigenvalue weighted by atomic mass is 10.2. The first-order valence-corrected chi connectivity index (χ1v) is 7.73. The predicted molar refractivity (Wildman–Crippen MR) is 97.3 cm³/mol. The Morgan fingerprint density at radius 2 is 1.74 bits per heavy atom. The average Bonchev–Trinajstić information content (AvgIpc) is 2.96. The monoisotopic (exact) mass is 309 g/mol. The molecule has 0 atom stereocenters. The molecule has 0 spiro atoms. The number of nitrogen functional groups attached to an aromatic ring is 1. The molecule has 0 aliphatic rings. The first-order chi connectivity index (χ1) is 11.0. The van der Waals surface area contributed by atoms with Gasteiger partial charge in [-0.25, -0.2) is 4.98 Å². The van der Waals surface area contributed by atoms with Gasteiger partial charge in [0.15, 0.2) is 0 Å². The van der Waals surface area contributed by atoms with Gasteiger partial charge in [0, 0.05) is 37.2 Å². The number of likely N-dealkylation sites (N-methyl/N-ethyl adjacent to an activating group) is 2. The Morgan fingerprint density at radius 3 is 2.43 bits per heavy atom. The molecule has 1 aromatic heterocycles. The number of anilines is 2. The van der Waals surface area contributed by atoms with Gasteiger partial charge in [0.05, 0.1) is 11.0 Å². The van der Waals surface area contributed by atoms with E-state index in [1.165, 1.54) is 5.69 Å². The van der Waals surface area contributed by atoms with Gasteiger partial charge in [0.2, 0.25) is 0 Å². The van der Waals surface area contributed by atoms with Crippen molar-refractivity contribution in [1.29, 1.82) is 0 Å². The molecule has 5 nitrogen and oxygen atoms in total. The van der Waals surface area contributed by atoms with Crippen LogP contribution in [0.4, 0.5) is 11.4 Å². The molecule has 0 bridgehead atoms. The smallest absolute Gasteiger partial charge is 0.100 e. The summed E-state index contributed by atoms with van der Waals surface area (Å²) in [7, 11) is 6.30. The number of imidazole rings is 1. The number of rotatable bonds is 5. The van der Waals surface area contributed by atoms with Crippen LogP contribution in [-0.2, 0) is 0 Å². The fourth-order valence-electron chi connectivity index (χ4n) is 2.55. The van der Waals surface area contributed by atoms with Gasteiger partial charge >= 0.3 is 0 Å². The fourth-order valence-corrected chi connectivity index (χ4v) is 2.55. The summed E-state index contributed by atoms with van der Waals surface area (Å²) in [6.45, 7) is 2.00. The van der Waals surface area contributed by atoms with E-state index >= 15 is 0 Å². The Hall–Kier alpha value is -2.53. The van der Waals surface area contributed by atoms with Crippen LogP contribution in [0.5, 0.6) is 0 Å². The van der Waals surface area contributed by atoms with E-state index in [-0.39, 0.29) is 0 Å². The zero-order valence-corrected chi connectivity index (χ0v) is 13.9. The molecule has 0 fully saturated rings. The third-order valence-corrected chi connectivity index (χ3v) is 4.03. The van der Waals surface area contributed by atoms with Crippen LogP contribution in [0.15, 0.2) is 48.8 Å². The van der Waals surface area contributed by atoms with Crippen LogP contribution in [0.25, 0.3) is 16.7 Å². The first-order valence-electron chi connectivity index (χ1n) is 7.73. The summed E-state index contributed by atoms with van der Waals surface area (Å²) in [5.74, 6) is 0. The Labute approximate surface area is 136 Å². The molecule has 3 aromatic rings. The van der Waals surface area contributed by atoms with Gasteiger partial charge in [-0.05, 0) is 56.6 Å². The molecule has 5 heteroatoms. The summed E-state index contributed by atoms with van der Waals surface area (Å²) in [6, 6.07) is 14.2. The number of benzene rings is 2. The van der Waals surface area contributed by atoms with Crippen LogP contribution >= 0.6 is 0 Å². The zero-order chi connectivity index (χ0) is 16.4. The average molecular weight is 309 g/mol. The number of nitrogens with two attached hydrogens (primary N) is 1. The van der Waals surface area contributed by atoms with Crippen LogP contribution in [0.2, 0.25) is 0 Å². The maximum atomic E-state index is 5.78. The van der Waals surface area contributed by atoms with Crippen LogP contribution < -0.4 is 10.6 Å². The number of aromatic nitrogens is 2. The normalized spacial score (nSPS) is 11.3. The van der Waals surface area contributed by atoms with Gasteiger partial charge in [-0.15, -0.1) is 0 Å². The molecule has 0 aliphatic heterocycles. The van der Waals surface area contributed by atoms with Crippen LogP contribution in [0.3, 0.4) is 0 Å². The van der Waals surface area contributed by atoms with Gasteiger partial charge in [-0.3, -0.25) is 4.57 Å². The molecule has 2 aromatic carbocycles. The van der Waals surface area contributed by atoms with Crippen molar-refractivity contribution in [3.63, 3.8) is 0 Å². The minimum absolute atomic E-state index is 0.766. The first kappa shape index (κ1) is 15.4. The van der Waals surface area contributed by atoms with E-state index in [0.29, 0.717) is 0 Å². The summed E-state index contributed by atoms with van der Waals surface area (Å²) in [6.07, 6.45) is 1.86. The Morgan fingerprint density at radius 1 is 1.00 bits per heavy atom. The van der Waals surface area contributed by atoms with Crippen LogP contribution in [0, 0.1) is 0 Å². The molecular weight excluding hydrogens is 286 g/mol. The highest BCUT2D eigenvalue weighted by atomic mass is 15.2. The molecule has 0 saturated carbocycles. The molecule has 0 radical (unpaired) electrons. The molecule has 0 saturated heterocycles. The van der Waals surface area contributed by atoms with Gasteiger partial charge in [-0.1, -0.05) is 0 Å². The lowest BCUT2D eigenvalue weighted by Crippen LogP contribution is -2.28. The quantitative estimate of drug-likeness (QED) is 0.736. The van der Waals surface area contributed by atoms with E-state index in [2.05, 4.69) is 58.7 Å². The van der Waals surface area contributed by atoms with Crippen molar-refractivity contribution in [2.75, 3.05) is 44.9 Å². The zero-order valence-electron chi connectivity index (χ0n) is 13.9. The lowest BCUT2D eigenvalue weighted by molar-refractivity contribution is 0.416. The fraction of sp³-hybridized carbons (Fsp3) is 0.278. The third-order valence-electron chi connectivity index (χ3n) is 4.03. The van der Waals surface area contributed by atoms with Gasteiger partial charge in [-0.2, -0.15) is 0 Å². The SMILES string of the molecule is CN(C)CCN(C)c1ccc2ncn(-c3ccc(N)cc3)c2c1. The molecule has 120 valence electrons. The van der Waals surface area contributed by atoms with E-state index in [9.17, 15) is 0 Å². The summed E-state index contributed by atoms with van der Waals surface area (Å²) >= 11 is 0. The summed E-state index contributed by atoms with van der Waals surface area (Å²) < 4.78 is 2.10. The van der Waals surface area contributed by atoms with Crippen molar-refractivity contribution >= 4 is 22.4 Å². The van der Waals surface area contributed by atoms with Gasteiger partial charge < -0.3 is 15.5 Å². The van der Waals surface area contributed by atoms with Crippen molar-refractivity contribution in [3.8, 4) is 5.69 Å². The second-order valence-corrected chi connectivity index (χ2v) is 6.10. The van der Waals surface area contributed by atoms with E-state index in [1.54, 1.807) is 0 Å². The predicted octanol–water partition coefficient (Wildman–Crippen LogP) is 2.61. The minimum Gasteiger partial charge on any atom is -0.399 e. The number of fused-ring (bicyclic) bond motifs is 1. The van der Waals surface area contributed by atoms with Gasteiger partial charge in [0.1, 0.15) is 6.33 Å². The Balaban J connectivity index is 1.95. The van der Waals surface area contributed by atoms with Crippen molar-refractivity contribution in [3.05, 3.63) is 48.8 Å². The lowest BCUT2D eigenvalue weighted by Gasteiger charge is -2.21. The molecule has 3 rings (SSSR count). The van der Waals surface area contributed by atoms with Crippen molar-refractivity contribution in [2.45, 2.75) is 0 Å². The second-order valence-electron chi connectivity index (χ2n) is 6.10. The van der Waals surface area contributed by atoms with Crippen LogP contribution in [0.1, 0.15) is 0 Å². The minimum atomic E-state index is 0.766. The maximum Gasteiger partial charge on any atom is 0.100 e. The van der Waals surface area contributed by atoms with Crippen LogP contribution in [-0.4, -0.2) is 48.7 Å². The largest absolute Gasteiger partial charge is 0.399 e. The molecule has 1 heterocycles. The van der Waals surface area contributed by atoms with E-state index in [0.717, 1.165) is 35.5 Å². The van der Waals surface area contributed by atoms with Gasteiger partial charge in [0.25, 0.3) is 0 Å². The molecular formula is C18H23N5. The van der Waals surface area contributed by atoms with Crippen molar-refractivity contribution in [1.82, 2.24) is 14.5 Å². The van der Waals surface area contributed by atoms with Crippen molar-refractivity contribution < 1.29 is 0 Å². The standard InChI is InChI=1S/C18H23N5/c1-21(2)10-11-22(3)16-8-9-17-18(12-16)23(13-20-17)15-6-4-14(19)5-7-15/h4-9,12-13H,10-11,19H2,1-3H3. The van der Waals surface area contributed by atoms with E-state index < -0.39 is 0 Å². The molecule has 0 aliphatic carbocycles. The van der Waals surface area contributed by atoms with Crippen molar-refractivity contribution in [2.24, 2.45) is 0 Å². The molecule has 0 unspecified atom stereocenters. The third kappa shape index (κ3) is 3.29. The number of hydrogen-bond acceptors (Lipinski definition) is 4. The topological polar surface area (TPSA) is 50.3 Å². The summed E-state index contributed by atoms with van der Waals surface area (Å²) in [4.78, 5) is 8.95.